The number of aryl methyl sites for hydroxylation is 1. The van der Waals surface area contributed by atoms with Crippen molar-refractivity contribution in [3.63, 3.8) is 0 Å². The van der Waals surface area contributed by atoms with E-state index in [1.165, 1.54) is 11.3 Å². The minimum Gasteiger partial charge on any atom is -0.326 e. The highest BCUT2D eigenvalue weighted by Crippen LogP contribution is 2.33. The molecule has 0 amide bonds. The molecule has 98 valence electrons. The van der Waals surface area contributed by atoms with Gasteiger partial charge in [-0.15, -0.1) is 11.6 Å². The molecule has 1 aromatic carbocycles. The maximum absolute atomic E-state index is 6.07. The predicted molar refractivity (Wildman–Crippen MR) is 80.6 cm³/mol. The normalized spacial score (nSPS) is 14.3. The zero-order valence-corrected chi connectivity index (χ0v) is 12.0. The van der Waals surface area contributed by atoms with Gasteiger partial charge < -0.3 is 4.90 Å². The first-order chi connectivity index (χ1) is 9.29. The second-order valence-electron chi connectivity index (χ2n) is 4.65. The number of fused-ring (bicyclic) bond motifs is 1. The number of benzene rings is 1. The predicted octanol–water partition coefficient (Wildman–Crippen LogP) is 4.56. The highest BCUT2D eigenvalue weighted by molar-refractivity contribution is 6.32. The third kappa shape index (κ3) is 2.43. The van der Waals surface area contributed by atoms with Crippen LogP contribution in [0.4, 0.5) is 11.5 Å². The minimum atomic E-state index is 0.407. The first-order valence-corrected chi connectivity index (χ1v) is 7.26. The van der Waals surface area contributed by atoms with Gasteiger partial charge in [-0.2, -0.15) is 0 Å². The van der Waals surface area contributed by atoms with Crippen LogP contribution in [0.1, 0.15) is 17.5 Å². The summed E-state index contributed by atoms with van der Waals surface area (Å²) in [6, 6.07) is 10.5. The molecule has 0 saturated heterocycles. The molecule has 0 unspecified atom stereocenters. The first-order valence-electron chi connectivity index (χ1n) is 6.35. The van der Waals surface area contributed by atoms with Gasteiger partial charge in [0.2, 0.25) is 0 Å². The molecular formula is C15H14Cl2N2. The van der Waals surface area contributed by atoms with Crippen LogP contribution < -0.4 is 4.90 Å². The van der Waals surface area contributed by atoms with Gasteiger partial charge in [0, 0.05) is 24.3 Å². The molecule has 0 N–H and O–H groups in total. The Balaban J connectivity index is 2.04. The Morgan fingerprint density at radius 1 is 1.26 bits per heavy atom. The fourth-order valence-electron chi connectivity index (χ4n) is 2.49. The Labute approximate surface area is 123 Å². The largest absolute Gasteiger partial charge is 0.326 e. The van der Waals surface area contributed by atoms with Crippen molar-refractivity contribution >= 4 is 34.7 Å². The van der Waals surface area contributed by atoms with Crippen molar-refractivity contribution in [2.24, 2.45) is 0 Å². The SMILES string of the molecule is ClCc1cc(N2CCCc3ccccc32)ncc1Cl. The summed E-state index contributed by atoms with van der Waals surface area (Å²) in [5, 5.41) is 0.629. The highest BCUT2D eigenvalue weighted by atomic mass is 35.5. The van der Waals surface area contributed by atoms with Crippen LogP contribution in [0.3, 0.4) is 0 Å². The molecule has 3 rings (SSSR count). The Bertz CT molecular complexity index is 598. The molecule has 0 fully saturated rings. The summed E-state index contributed by atoms with van der Waals surface area (Å²) < 4.78 is 0. The summed E-state index contributed by atoms with van der Waals surface area (Å²) in [6.07, 6.45) is 3.95. The van der Waals surface area contributed by atoms with E-state index in [2.05, 4.69) is 34.1 Å². The molecule has 0 bridgehead atoms. The maximum Gasteiger partial charge on any atom is 0.133 e. The number of para-hydroxylation sites is 1. The molecule has 19 heavy (non-hydrogen) atoms. The molecule has 4 heteroatoms. The molecule has 0 aliphatic carbocycles. The van der Waals surface area contributed by atoms with E-state index in [4.69, 9.17) is 23.2 Å². The van der Waals surface area contributed by atoms with Crippen molar-refractivity contribution in [2.75, 3.05) is 11.4 Å². The molecule has 0 radical (unpaired) electrons. The van der Waals surface area contributed by atoms with E-state index in [-0.39, 0.29) is 0 Å². The van der Waals surface area contributed by atoms with Crippen molar-refractivity contribution in [3.8, 4) is 0 Å². The molecule has 1 aromatic heterocycles. The topological polar surface area (TPSA) is 16.1 Å². The van der Waals surface area contributed by atoms with Crippen LogP contribution in [0.2, 0.25) is 5.02 Å². The summed E-state index contributed by atoms with van der Waals surface area (Å²) in [7, 11) is 0. The van der Waals surface area contributed by atoms with Crippen molar-refractivity contribution in [1.82, 2.24) is 4.98 Å². The van der Waals surface area contributed by atoms with E-state index in [0.717, 1.165) is 30.8 Å². The van der Waals surface area contributed by atoms with E-state index in [1.807, 2.05) is 6.07 Å². The smallest absolute Gasteiger partial charge is 0.133 e. The number of nitrogens with zero attached hydrogens (tertiary/aromatic N) is 2. The molecule has 0 saturated carbocycles. The second kappa shape index (κ2) is 5.40. The molecule has 0 atom stereocenters. The van der Waals surface area contributed by atoms with Crippen molar-refractivity contribution < 1.29 is 0 Å². The maximum atomic E-state index is 6.07. The third-order valence-electron chi connectivity index (χ3n) is 3.45. The van der Waals surface area contributed by atoms with E-state index in [0.29, 0.717) is 10.9 Å². The molecule has 1 aliphatic rings. The number of rotatable bonds is 2. The molecule has 0 spiro atoms. The standard InChI is InChI=1S/C15H14Cl2N2/c16-9-12-8-15(18-10-13(12)17)19-7-3-5-11-4-1-2-6-14(11)19/h1-2,4,6,8,10H,3,5,7,9H2. The Kier molecular flexibility index (Phi) is 3.63. The van der Waals surface area contributed by atoms with Crippen LogP contribution in [-0.2, 0) is 12.3 Å². The van der Waals surface area contributed by atoms with Crippen LogP contribution in [0, 0.1) is 0 Å². The summed E-state index contributed by atoms with van der Waals surface area (Å²) in [5.41, 5.74) is 3.54. The van der Waals surface area contributed by atoms with Crippen LogP contribution in [0.5, 0.6) is 0 Å². The number of alkyl halides is 1. The molecular weight excluding hydrogens is 279 g/mol. The number of anilines is 2. The quantitative estimate of drug-likeness (QED) is 0.755. The molecule has 2 heterocycles. The Morgan fingerprint density at radius 2 is 2.11 bits per heavy atom. The summed E-state index contributed by atoms with van der Waals surface area (Å²) in [4.78, 5) is 6.69. The van der Waals surface area contributed by atoms with E-state index < -0.39 is 0 Å². The number of hydrogen-bond donors (Lipinski definition) is 0. The van der Waals surface area contributed by atoms with Crippen molar-refractivity contribution in [3.05, 3.63) is 52.7 Å². The molecule has 1 aliphatic heterocycles. The fourth-order valence-corrected chi connectivity index (χ4v) is 2.95. The average Bonchev–Trinajstić information content (AvgIpc) is 2.47. The summed E-state index contributed by atoms with van der Waals surface area (Å²) in [5.74, 6) is 1.33. The van der Waals surface area contributed by atoms with Gasteiger partial charge in [-0.05, 0) is 36.1 Å². The van der Waals surface area contributed by atoms with Crippen LogP contribution in [-0.4, -0.2) is 11.5 Å². The van der Waals surface area contributed by atoms with E-state index in [1.54, 1.807) is 6.20 Å². The summed E-state index contributed by atoms with van der Waals surface area (Å²) in [6.45, 7) is 0.980. The minimum absolute atomic E-state index is 0.407. The van der Waals surface area contributed by atoms with Gasteiger partial charge in [0.15, 0.2) is 0 Å². The van der Waals surface area contributed by atoms with E-state index >= 15 is 0 Å². The first kappa shape index (κ1) is 12.8. The third-order valence-corrected chi connectivity index (χ3v) is 4.08. The highest BCUT2D eigenvalue weighted by Gasteiger charge is 2.19. The van der Waals surface area contributed by atoms with Crippen molar-refractivity contribution in [2.45, 2.75) is 18.7 Å². The van der Waals surface area contributed by atoms with E-state index in [9.17, 15) is 0 Å². The van der Waals surface area contributed by atoms with Gasteiger partial charge >= 0.3 is 0 Å². The Hall–Kier alpha value is -1.25. The molecule has 2 nitrogen and oxygen atoms in total. The lowest BCUT2D eigenvalue weighted by Crippen LogP contribution is -2.25. The van der Waals surface area contributed by atoms with Gasteiger partial charge in [-0.25, -0.2) is 4.98 Å². The lowest BCUT2D eigenvalue weighted by molar-refractivity contribution is 0.759. The second-order valence-corrected chi connectivity index (χ2v) is 5.33. The van der Waals surface area contributed by atoms with Crippen LogP contribution in [0.25, 0.3) is 0 Å². The number of aromatic nitrogens is 1. The Morgan fingerprint density at radius 3 is 2.95 bits per heavy atom. The zero-order valence-electron chi connectivity index (χ0n) is 10.4. The number of hydrogen-bond acceptors (Lipinski definition) is 2. The lowest BCUT2D eigenvalue weighted by atomic mass is 10.0. The zero-order chi connectivity index (χ0) is 13.2. The lowest BCUT2D eigenvalue weighted by Gasteiger charge is -2.30. The van der Waals surface area contributed by atoms with Gasteiger partial charge in [0.25, 0.3) is 0 Å². The van der Waals surface area contributed by atoms with Crippen LogP contribution >= 0.6 is 23.2 Å². The monoisotopic (exact) mass is 292 g/mol. The summed E-state index contributed by atoms with van der Waals surface area (Å²) >= 11 is 12.0. The van der Waals surface area contributed by atoms with Gasteiger partial charge in [-0.1, -0.05) is 29.8 Å². The fraction of sp³-hybridized carbons (Fsp3) is 0.267. The van der Waals surface area contributed by atoms with Gasteiger partial charge in [0.1, 0.15) is 5.82 Å². The number of halogens is 2. The molecule has 2 aromatic rings. The van der Waals surface area contributed by atoms with Crippen LogP contribution in [0.15, 0.2) is 36.5 Å². The average molecular weight is 293 g/mol. The van der Waals surface area contributed by atoms with Gasteiger partial charge in [0.05, 0.1) is 5.02 Å². The van der Waals surface area contributed by atoms with Gasteiger partial charge in [-0.3, -0.25) is 0 Å². The van der Waals surface area contributed by atoms with Crippen molar-refractivity contribution in [1.29, 1.82) is 0 Å². The number of pyridine rings is 1.